The number of benzene rings is 1. The lowest BCUT2D eigenvalue weighted by Gasteiger charge is -2.20. The van der Waals surface area contributed by atoms with Gasteiger partial charge in [0.05, 0.1) is 12.3 Å². The zero-order chi connectivity index (χ0) is 17.2. The van der Waals surface area contributed by atoms with Crippen molar-refractivity contribution in [3.05, 3.63) is 30.1 Å². The highest BCUT2D eigenvalue weighted by atomic mass is 32.2. The molecule has 0 atom stereocenters. The summed E-state index contributed by atoms with van der Waals surface area (Å²) < 4.78 is 13.4. The average Bonchev–Trinajstić information content (AvgIpc) is 2.54. The fraction of sp³-hybridized carbons (Fsp3) is 0.400. The standard InChI is InChI=1S/C15H20FN3O2S2/c1-3-19(4-2)15(22)23-10-14(21)17-9-13(20)18-12-7-5-11(16)6-8-12/h5-8H,3-4,9-10H2,1-2H3,(H,17,21)(H,18,20). The lowest BCUT2D eigenvalue weighted by molar-refractivity contribution is -0.122. The fourth-order valence-electron chi connectivity index (χ4n) is 1.67. The Morgan fingerprint density at radius 2 is 1.78 bits per heavy atom. The Labute approximate surface area is 145 Å². The molecule has 0 radical (unpaired) electrons. The molecule has 5 nitrogen and oxygen atoms in total. The lowest BCUT2D eigenvalue weighted by Crippen LogP contribution is -2.35. The highest BCUT2D eigenvalue weighted by Gasteiger charge is 2.10. The zero-order valence-corrected chi connectivity index (χ0v) is 14.7. The Hall–Kier alpha value is -1.67. The van der Waals surface area contributed by atoms with E-state index in [0.717, 1.165) is 13.1 Å². The van der Waals surface area contributed by atoms with E-state index in [4.69, 9.17) is 12.2 Å². The monoisotopic (exact) mass is 357 g/mol. The molecule has 2 amide bonds. The molecule has 1 aromatic carbocycles. The summed E-state index contributed by atoms with van der Waals surface area (Å²) in [5.41, 5.74) is 0.475. The van der Waals surface area contributed by atoms with E-state index in [1.165, 1.54) is 36.0 Å². The van der Waals surface area contributed by atoms with Crippen molar-refractivity contribution < 1.29 is 14.0 Å². The normalized spacial score (nSPS) is 10.0. The van der Waals surface area contributed by atoms with E-state index < -0.39 is 0 Å². The Bertz CT molecular complexity index is 548. The van der Waals surface area contributed by atoms with E-state index >= 15 is 0 Å². The van der Waals surface area contributed by atoms with E-state index in [2.05, 4.69) is 10.6 Å². The molecule has 0 saturated heterocycles. The topological polar surface area (TPSA) is 61.4 Å². The van der Waals surface area contributed by atoms with Crippen LogP contribution < -0.4 is 10.6 Å². The third kappa shape index (κ3) is 7.43. The smallest absolute Gasteiger partial charge is 0.243 e. The number of hydrogen-bond acceptors (Lipinski definition) is 4. The first-order valence-electron chi connectivity index (χ1n) is 7.20. The molecule has 0 saturated carbocycles. The molecule has 8 heteroatoms. The van der Waals surface area contributed by atoms with Crippen molar-refractivity contribution in [3.8, 4) is 0 Å². The Balaban J connectivity index is 2.28. The van der Waals surface area contributed by atoms with Crippen molar-refractivity contribution in [3.63, 3.8) is 0 Å². The highest BCUT2D eigenvalue weighted by molar-refractivity contribution is 8.23. The van der Waals surface area contributed by atoms with Gasteiger partial charge < -0.3 is 15.5 Å². The van der Waals surface area contributed by atoms with Crippen LogP contribution in [0, 0.1) is 5.82 Å². The van der Waals surface area contributed by atoms with Gasteiger partial charge in [-0.2, -0.15) is 0 Å². The van der Waals surface area contributed by atoms with Crippen LogP contribution in [-0.2, 0) is 9.59 Å². The molecule has 126 valence electrons. The number of carbonyl (C=O) groups is 2. The summed E-state index contributed by atoms with van der Waals surface area (Å²) in [4.78, 5) is 25.4. The largest absolute Gasteiger partial charge is 0.358 e. The second-order valence-corrected chi connectivity index (χ2v) is 6.17. The number of nitrogens with one attached hydrogen (secondary N) is 2. The van der Waals surface area contributed by atoms with Crippen LogP contribution in [0.2, 0.25) is 0 Å². The number of rotatable bonds is 7. The first kappa shape index (κ1) is 19.4. The van der Waals surface area contributed by atoms with Gasteiger partial charge in [0, 0.05) is 18.8 Å². The number of thiocarbonyl (C=S) groups is 1. The van der Waals surface area contributed by atoms with Gasteiger partial charge in [-0.05, 0) is 38.1 Å². The molecule has 0 spiro atoms. The van der Waals surface area contributed by atoms with Crippen LogP contribution in [0.4, 0.5) is 10.1 Å². The lowest BCUT2D eigenvalue weighted by atomic mass is 10.3. The minimum atomic E-state index is -0.377. The number of hydrogen-bond donors (Lipinski definition) is 2. The van der Waals surface area contributed by atoms with Crippen LogP contribution in [0.1, 0.15) is 13.8 Å². The molecule has 0 aliphatic carbocycles. The average molecular weight is 357 g/mol. The number of halogens is 1. The predicted octanol–water partition coefficient (Wildman–Crippen LogP) is 2.24. The van der Waals surface area contributed by atoms with Gasteiger partial charge in [-0.1, -0.05) is 24.0 Å². The fourth-order valence-corrected chi connectivity index (χ4v) is 2.90. The van der Waals surface area contributed by atoms with Crippen LogP contribution in [-0.4, -0.2) is 46.4 Å². The first-order chi connectivity index (χ1) is 11.0. The van der Waals surface area contributed by atoms with Crippen LogP contribution in [0.25, 0.3) is 0 Å². The molecule has 0 aromatic heterocycles. The minimum absolute atomic E-state index is 0.144. The third-order valence-corrected chi connectivity index (χ3v) is 4.45. The van der Waals surface area contributed by atoms with Crippen LogP contribution in [0.5, 0.6) is 0 Å². The molecule has 1 aromatic rings. The predicted molar refractivity (Wildman–Crippen MR) is 96.0 cm³/mol. The maximum absolute atomic E-state index is 12.8. The molecule has 0 unspecified atom stereocenters. The molecular weight excluding hydrogens is 337 g/mol. The van der Waals surface area contributed by atoms with Gasteiger partial charge in [0.2, 0.25) is 11.8 Å². The number of amides is 2. The van der Waals surface area contributed by atoms with Gasteiger partial charge in [0.15, 0.2) is 0 Å². The summed E-state index contributed by atoms with van der Waals surface area (Å²) in [6.45, 7) is 5.44. The van der Waals surface area contributed by atoms with Crippen molar-refractivity contribution in [2.75, 3.05) is 30.7 Å². The molecule has 0 heterocycles. The third-order valence-electron chi connectivity index (χ3n) is 2.92. The number of nitrogens with zero attached hydrogens (tertiary/aromatic N) is 1. The second-order valence-electron chi connectivity index (χ2n) is 4.56. The van der Waals surface area contributed by atoms with Crippen molar-refractivity contribution >= 4 is 45.8 Å². The van der Waals surface area contributed by atoms with Crippen molar-refractivity contribution in [2.45, 2.75) is 13.8 Å². The SMILES string of the molecule is CCN(CC)C(=S)SCC(=O)NCC(=O)Nc1ccc(F)cc1. The van der Waals surface area contributed by atoms with Gasteiger partial charge >= 0.3 is 0 Å². The summed E-state index contributed by atoms with van der Waals surface area (Å²) in [6, 6.07) is 5.40. The maximum Gasteiger partial charge on any atom is 0.243 e. The van der Waals surface area contributed by atoms with Crippen molar-refractivity contribution in [1.29, 1.82) is 0 Å². The van der Waals surface area contributed by atoms with E-state index in [9.17, 15) is 14.0 Å². The summed E-state index contributed by atoms with van der Waals surface area (Å²) in [6.07, 6.45) is 0. The minimum Gasteiger partial charge on any atom is -0.358 e. The molecule has 0 bridgehead atoms. The van der Waals surface area contributed by atoms with Gasteiger partial charge in [-0.25, -0.2) is 4.39 Å². The van der Waals surface area contributed by atoms with Crippen LogP contribution in [0.3, 0.4) is 0 Å². The molecule has 0 aliphatic heterocycles. The van der Waals surface area contributed by atoms with E-state index in [1.807, 2.05) is 18.7 Å². The Morgan fingerprint density at radius 3 is 2.35 bits per heavy atom. The van der Waals surface area contributed by atoms with Crippen LogP contribution >= 0.6 is 24.0 Å². The van der Waals surface area contributed by atoms with E-state index in [0.29, 0.717) is 10.0 Å². The van der Waals surface area contributed by atoms with Crippen molar-refractivity contribution in [2.24, 2.45) is 0 Å². The second kappa shape index (κ2) is 10.2. The molecule has 1 rings (SSSR count). The number of anilines is 1. The highest BCUT2D eigenvalue weighted by Crippen LogP contribution is 2.09. The first-order valence-corrected chi connectivity index (χ1v) is 8.59. The zero-order valence-electron chi connectivity index (χ0n) is 13.1. The molecule has 23 heavy (non-hydrogen) atoms. The van der Waals surface area contributed by atoms with Crippen molar-refractivity contribution in [1.82, 2.24) is 10.2 Å². The summed E-state index contributed by atoms with van der Waals surface area (Å²) in [7, 11) is 0. The van der Waals surface area contributed by atoms with E-state index in [-0.39, 0.29) is 29.9 Å². The Morgan fingerprint density at radius 1 is 1.17 bits per heavy atom. The van der Waals surface area contributed by atoms with E-state index in [1.54, 1.807) is 0 Å². The molecule has 0 fully saturated rings. The molecular formula is C15H20FN3O2S2. The number of thioether (sulfide) groups is 1. The van der Waals surface area contributed by atoms with Gasteiger partial charge in [0.1, 0.15) is 10.1 Å². The molecule has 2 N–H and O–H groups in total. The van der Waals surface area contributed by atoms with Gasteiger partial charge in [-0.3, -0.25) is 9.59 Å². The van der Waals surface area contributed by atoms with Crippen LogP contribution in [0.15, 0.2) is 24.3 Å². The summed E-state index contributed by atoms with van der Waals surface area (Å²) >= 11 is 6.50. The summed E-state index contributed by atoms with van der Waals surface area (Å²) in [5, 5.41) is 5.09. The Kier molecular flexibility index (Phi) is 8.57. The number of carbonyl (C=O) groups excluding carboxylic acids is 2. The van der Waals surface area contributed by atoms with Gasteiger partial charge in [-0.15, -0.1) is 0 Å². The maximum atomic E-state index is 12.8. The van der Waals surface area contributed by atoms with Gasteiger partial charge in [0.25, 0.3) is 0 Å². The molecule has 0 aliphatic rings. The quantitative estimate of drug-likeness (QED) is 0.733. The summed E-state index contributed by atoms with van der Waals surface area (Å²) in [5.74, 6) is -0.850.